The molecule has 0 unspecified atom stereocenters. The molecule has 0 aliphatic carbocycles. The fourth-order valence-electron chi connectivity index (χ4n) is 2.52. The van der Waals surface area contributed by atoms with Crippen molar-refractivity contribution in [2.75, 3.05) is 39.4 Å². The lowest BCUT2D eigenvalue weighted by atomic mass is 10.1. The molecule has 0 amide bonds. The van der Waals surface area contributed by atoms with Crippen LogP contribution in [0, 0.1) is 0 Å². The molecule has 112 valence electrons. The number of nitrogens with two attached hydrogens (primary N) is 1. The topological polar surface area (TPSA) is 47.7 Å². The number of ether oxygens (including phenoxy) is 2. The second-order valence-corrected chi connectivity index (χ2v) is 5.92. The summed E-state index contributed by atoms with van der Waals surface area (Å²) in [7, 11) is 0. The molecule has 1 aromatic carbocycles. The predicted molar refractivity (Wildman–Crippen MR) is 81.2 cm³/mol. The van der Waals surface area contributed by atoms with Gasteiger partial charge in [-0.1, -0.05) is 12.1 Å². The molecule has 1 fully saturated rings. The van der Waals surface area contributed by atoms with E-state index in [4.69, 9.17) is 15.2 Å². The third-order valence-corrected chi connectivity index (χ3v) is 3.54. The Bertz CT molecular complexity index is 403. The zero-order chi connectivity index (χ0) is 14.4. The van der Waals surface area contributed by atoms with Gasteiger partial charge in [0.15, 0.2) is 0 Å². The first-order valence-electron chi connectivity index (χ1n) is 7.37. The Labute approximate surface area is 121 Å². The van der Waals surface area contributed by atoms with E-state index >= 15 is 0 Å². The number of morpholine rings is 1. The van der Waals surface area contributed by atoms with Gasteiger partial charge in [0.1, 0.15) is 12.4 Å². The van der Waals surface area contributed by atoms with E-state index in [1.54, 1.807) is 0 Å². The maximum atomic E-state index is 5.80. The van der Waals surface area contributed by atoms with Crippen molar-refractivity contribution in [3.63, 3.8) is 0 Å². The number of hydrogen-bond donors (Lipinski definition) is 1. The van der Waals surface area contributed by atoms with E-state index in [-0.39, 0.29) is 5.60 Å². The monoisotopic (exact) mass is 278 g/mol. The Morgan fingerprint density at radius 3 is 2.70 bits per heavy atom. The molecule has 1 aliphatic rings. The van der Waals surface area contributed by atoms with E-state index in [2.05, 4.69) is 30.9 Å². The average Bonchev–Trinajstić information content (AvgIpc) is 2.40. The Kier molecular flexibility index (Phi) is 5.40. The Morgan fingerprint density at radius 1 is 1.30 bits per heavy atom. The number of nitrogens with zero attached hydrogens (tertiary/aromatic N) is 1. The van der Waals surface area contributed by atoms with Gasteiger partial charge in [-0.05, 0) is 44.5 Å². The highest BCUT2D eigenvalue weighted by Gasteiger charge is 2.26. The second-order valence-electron chi connectivity index (χ2n) is 5.92. The highest BCUT2D eigenvalue weighted by molar-refractivity contribution is 5.27. The largest absolute Gasteiger partial charge is 0.492 e. The summed E-state index contributed by atoms with van der Waals surface area (Å²) in [5, 5.41) is 0. The lowest BCUT2D eigenvalue weighted by Gasteiger charge is -2.38. The molecule has 2 rings (SSSR count). The molecule has 4 heteroatoms. The zero-order valence-corrected chi connectivity index (χ0v) is 12.6. The van der Waals surface area contributed by atoms with Gasteiger partial charge in [0.25, 0.3) is 0 Å². The minimum Gasteiger partial charge on any atom is -0.492 e. The molecule has 0 spiro atoms. The first-order chi connectivity index (χ1) is 9.59. The van der Waals surface area contributed by atoms with Crippen molar-refractivity contribution >= 4 is 0 Å². The Hall–Kier alpha value is -1.10. The minimum absolute atomic E-state index is 0.0396. The smallest absolute Gasteiger partial charge is 0.119 e. The predicted octanol–water partition coefficient (Wildman–Crippen LogP) is 1.68. The molecule has 20 heavy (non-hydrogen) atoms. The van der Waals surface area contributed by atoms with Gasteiger partial charge in [0.2, 0.25) is 0 Å². The van der Waals surface area contributed by atoms with Gasteiger partial charge in [0, 0.05) is 19.6 Å². The molecular weight excluding hydrogens is 252 g/mol. The van der Waals surface area contributed by atoms with Crippen LogP contribution in [0.1, 0.15) is 19.4 Å². The summed E-state index contributed by atoms with van der Waals surface area (Å²) in [4.78, 5) is 2.40. The van der Waals surface area contributed by atoms with Crippen LogP contribution in [-0.4, -0.2) is 49.9 Å². The van der Waals surface area contributed by atoms with Crippen LogP contribution in [0.3, 0.4) is 0 Å². The van der Waals surface area contributed by atoms with Gasteiger partial charge in [-0.15, -0.1) is 0 Å². The highest BCUT2D eigenvalue weighted by Crippen LogP contribution is 2.16. The minimum atomic E-state index is -0.0396. The van der Waals surface area contributed by atoms with Crippen molar-refractivity contribution in [3.05, 3.63) is 29.8 Å². The Balaban J connectivity index is 1.72. The third-order valence-electron chi connectivity index (χ3n) is 3.54. The summed E-state index contributed by atoms with van der Waals surface area (Å²) in [5.74, 6) is 0.929. The number of benzene rings is 1. The average molecular weight is 278 g/mol. The highest BCUT2D eigenvalue weighted by atomic mass is 16.5. The molecular formula is C16H26N2O2. The van der Waals surface area contributed by atoms with Crippen molar-refractivity contribution in [2.24, 2.45) is 5.73 Å². The van der Waals surface area contributed by atoms with Crippen LogP contribution < -0.4 is 10.5 Å². The van der Waals surface area contributed by atoms with Crippen molar-refractivity contribution in [2.45, 2.75) is 25.9 Å². The lowest BCUT2D eigenvalue weighted by Crippen LogP contribution is -2.49. The van der Waals surface area contributed by atoms with E-state index in [0.29, 0.717) is 13.2 Å². The quantitative estimate of drug-likeness (QED) is 0.860. The first kappa shape index (κ1) is 15.3. The standard InChI is InChI=1S/C16H26N2O2/c1-16(2)13-18(10-12-20-16)9-11-19-15-5-3-14(4-6-15)7-8-17/h3-6H,7-13,17H2,1-2H3. The van der Waals surface area contributed by atoms with Crippen LogP contribution in [0.2, 0.25) is 0 Å². The van der Waals surface area contributed by atoms with Crippen molar-refractivity contribution in [1.82, 2.24) is 4.90 Å². The summed E-state index contributed by atoms with van der Waals surface area (Å²) in [6.45, 7) is 9.37. The molecule has 1 heterocycles. The summed E-state index contributed by atoms with van der Waals surface area (Å²) in [6.07, 6.45) is 0.920. The van der Waals surface area contributed by atoms with Crippen molar-refractivity contribution < 1.29 is 9.47 Å². The molecule has 2 N–H and O–H groups in total. The third kappa shape index (κ3) is 4.78. The lowest BCUT2D eigenvalue weighted by molar-refractivity contribution is -0.0875. The summed E-state index contributed by atoms with van der Waals surface area (Å²) in [6, 6.07) is 8.21. The van der Waals surface area contributed by atoms with Gasteiger partial charge in [-0.25, -0.2) is 0 Å². The molecule has 0 radical (unpaired) electrons. The van der Waals surface area contributed by atoms with Crippen LogP contribution in [0.25, 0.3) is 0 Å². The Morgan fingerprint density at radius 2 is 2.05 bits per heavy atom. The molecule has 0 atom stereocenters. The van der Waals surface area contributed by atoms with Gasteiger partial charge in [-0.2, -0.15) is 0 Å². The van der Waals surface area contributed by atoms with Crippen molar-refractivity contribution in [3.8, 4) is 5.75 Å². The van der Waals surface area contributed by atoms with Crippen LogP contribution in [0.15, 0.2) is 24.3 Å². The van der Waals surface area contributed by atoms with E-state index in [9.17, 15) is 0 Å². The molecule has 4 nitrogen and oxygen atoms in total. The van der Waals surface area contributed by atoms with Gasteiger partial charge in [0.05, 0.1) is 12.2 Å². The summed E-state index contributed by atoms with van der Waals surface area (Å²) in [5.41, 5.74) is 6.76. The summed E-state index contributed by atoms with van der Waals surface area (Å²) < 4.78 is 11.5. The molecule has 1 aliphatic heterocycles. The van der Waals surface area contributed by atoms with Crippen LogP contribution in [-0.2, 0) is 11.2 Å². The molecule has 1 saturated heterocycles. The molecule has 1 aromatic rings. The fourth-order valence-corrected chi connectivity index (χ4v) is 2.52. The van der Waals surface area contributed by atoms with Gasteiger partial charge >= 0.3 is 0 Å². The van der Waals surface area contributed by atoms with E-state index < -0.39 is 0 Å². The second kappa shape index (κ2) is 7.07. The van der Waals surface area contributed by atoms with Crippen LogP contribution in [0.5, 0.6) is 5.75 Å². The van der Waals surface area contributed by atoms with Crippen molar-refractivity contribution in [1.29, 1.82) is 0 Å². The maximum absolute atomic E-state index is 5.80. The zero-order valence-electron chi connectivity index (χ0n) is 12.6. The molecule has 0 saturated carbocycles. The SMILES string of the molecule is CC1(C)CN(CCOc2ccc(CCN)cc2)CCO1. The van der Waals surface area contributed by atoms with E-state index in [1.165, 1.54) is 5.56 Å². The van der Waals surface area contributed by atoms with Gasteiger partial charge < -0.3 is 15.2 Å². The van der Waals surface area contributed by atoms with E-state index in [0.717, 1.165) is 38.4 Å². The van der Waals surface area contributed by atoms with E-state index in [1.807, 2.05) is 12.1 Å². The van der Waals surface area contributed by atoms with Crippen LogP contribution in [0.4, 0.5) is 0 Å². The van der Waals surface area contributed by atoms with Crippen LogP contribution >= 0.6 is 0 Å². The number of hydrogen-bond acceptors (Lipinski definition) is 4. The molecule has 0 bridgehead atoms. The normalized spacial score (nSPS) is 18.9. The summed E-state index contributed by atoms with van der Waals surface area (Å²) >= 11 is 0. The molecule has 0 aromatic heterocycles. The first-order valence-corrected chi connectivity index (χ1v) is 7.37. The van der Waals surface area contributed by atoms with Gasteiger partial charge in [-0.3, -0.25) is 4.90 Å². The fraction of sp³-hybridized carbons (Fsp3) is 0.625. The maximum Gasteiger partial charge on any atom is 0.119 e. The number of rotatable bonds is 6.